The van der Waals surface area contributed by atoms with Gasteiger partial charge in [0.05, 0.1) is 7.11 Å². The highest BCUT2D eigenvalue weighted by atomic mass is 35.5. The first-order chi connectivity index (χ1) is 7.70. The first-order valence-electron chi connectivity index (χ1n) is 4.65. The number of fused-ring (bicyclic) bond motifs is 1. The van der Waals surface area contributed by atoms with Crippen molar-refractivity contribution in [3.8, 4) is 0 Å². The summed E-state index contributed by atoms with van der Waals surface area (Å²) < 4.78 is 9.94. The van der Waals surface area contributed by atoms with E-state index in [1.165, 1.54) is 13.2 Å². The molecule has 2 aromatic rings. The van der Waals surface area contributed by atoms with E-state index >= 15 is 0 Å². The van der Waals surface area contributed by atoms with Crippen LogP contribution in [0, 0.1) is 0 Å². The van der Waals surface area contributed by atoms with Crippen LogP contribution in [0.25, 0.3) is 17.0 Å². The molecule has 0 aliphatic heterocycles. The van der Waals surface area contributed by atoms with Crippen molar-refractivity contribution in [2.45, 2.75) is 0 Å². The van der Waals surface area contributed by atoms with Crippen LogP contribution in [0.1, 0.15) is 5.76 Å². The first-order valence-corrected chi connectivity index (χ1v) is 5.02. The molecule has 16 heavy (non-hydrogen) atoms. The van der Waals surface area contributed by atoms with Gasteiger partial charge in [-0.25, -0.2) is 4.79 Å². The molecule has 0 N–H and O–H groups in total. The van der Waals surface area contributed by atoms with E-state index in [1.807, 2.05) is 24.3 Å². The summed E-state index contributed by atoms with van der Waals surface area (Å²) in [6, 6.07) is 9.36. The van der Waals surface area contributed by atoms with E-state index < -0.39 is 5.97 Å². The fraction of sp³-hybridized carbons (Fsp3) is 0.0833. The van der Waals surface area contributed by atoms with Gasteiger partial charge in [-0.3, -0.25) is 0 Å². The second-order valence-corrected chi connectivity index (χ2v) is 3.58. The van der Waals surface area contributed by atoms with E-state index in [0.29, 0.717) is 5.76 Å². The molecule has 1 aromatic heterocycles. The zero-order valence-electron chi connectivity index (χ0n) is 8.57. The summed E-state index contributed by atoms with van der Waals surface area (Å²) in [5.74, 6) is -0.0567. The van der Waals surface area contributed by atoms with Crippen molar-refractivity contribution in [1.82, 2.24) is 0 Å². The van der Waals surface area contributed by atoms with Gasteiger partial charge in [-0.1, -0.05) is 29.8 Å². The Hall–Kier alpha value is -1.74. The molecule has 2 rings (SSSR count). The van der Waals surface area contributed by atoms with Crippen molar-refractivity contribution in [2.24, 2.45) is 0 Å². The number of para-hydroxylation sites is 1. The van der Waals surface area contributed by atoms with Crippen molar-refractivity contribution >= 4 is 34.6 Å². The molecular weight excluding hydrogens is 228 g/mol. The van der Waals surface area contributed by atoms with Crippen molar-refractivity contribution < 1.29 is 13.9 Å². The standard InChI is InChI=1S/C12H9ClO3/c1-15-12(14)10(13)7-9-6-8-4-2-3-5-11(8)16-9/h2-7H,1H3/b10-7-. The number of halogens is 1. The second kappa shape index (κ2) is 4.41. The van der Waals surface area contributed by atoms with Gasteiger partial charge >= 0.3 is 5.97 Å². The zero-order valence-corrected chi connectivity index (χ0v) is 9.32. The summed E-state index contributed by atoms with van der Waals surface area (Å²) in [7, 11) is 1.27. The minimum Gasteiger partial charge on any atom is -0.465 e. The summed E-state index contributed by atoms with van der Waals surface area (Å²) in [5, 5.41) is 0.949. The molecule has 0 radical (unpaired) electrons. The maximum atomic E-state index is 11.1. The molecule has 0 aliphatic rings. The average Bonchev–Trinajstić information content (AvgIpc) is 2.69. The minimum absolute atomic E-state index is 0.0124. The van der Waals surface area contributed by atoms with Crippen LogP contribution in [0.5, 0.6) is 0 Å². The van der Waals surface area contributed by atoms with Crippen molar-refractivity contribution in [2.75, 3.05) is 7.11 Å². The van der Waals surface area contributed by atoms with Crippen LogP contribution in [0.2, 0.25) is 0 Å². The quantitative estimate of drug-likeness (QED) is 0.594. The molecule has 4 heteroatoms. The third kappa shape index (κ3) is 2.09. The molecule has 3 nitrogen and oxygen atoms in total. The van der Waals surface area contributed by atoms with Gasteiger partial charge < -0.3 is 9.15 Å². The zero-order chi connectivity index (χ0) is 11.5. The maximum absolute atomic E-state index is 11.1. The Morgan fingerprint density at radius 1 is 1.44 bits per heavy atom. The van der Waals surface area contributed by atoms with E-state index in [4.69, 9.17) is 16.0 Å². The lowest BCUT2D eigenvalue weighted by Gasteiger charge is -1.93. The molecule has 0 bridgehead atoms. The van der Waals surface area contributed by atoms with Crippen molar-refractivity contribution in [1.29, 1.82) is 0 Å². The number of benzene rings is 1. The van der Waals surface area contributed by atoms with Crippen LogP contribution >= 0.6 is 11.6 Å². The molecule has 0 saturated carbocycles. The van der Waals surface area contributed by atoms with Gasteiger partial charge in [0, 0.05) is 11.5 Å². The minimum atomic E-state index is -0.581. The molecular formula is C12H9ClO3. The summed E-state index contributed by atoms with van der Waals surface area (Å²) in [6.45, 7) is 0. The van der Waals surface area contributed by atoms with E-state index in [2.05, 4.69) is 4.74 Å². The van der Waals surface area contributed by atoms with E-state index in [0.717, 1.165) is 11.0 Å². The third-order valence-electron chi connectivity index (χ3n) is 2.09. The third-order valence-corrected chi connectivity index (χ3v) is 2.36. The Morgan fingerprint density at radius 2 is 2.19 bits per heavy atom. The van der Waals surface area contributed by atoms with Crippen molar-refractivity contribution in [3.63, 3.8) is 0 Å². The van der Waals surface area contributed by atoms with Crippen LogP contribution in [0.3, 0.4) is 0 Å². The summed E-state index contributed by atoms with van der Waals surface area (Å²) in [6.07, 6.45) is 1.44. The van der Waals surface area contributed by atoms with Crippen molar-refractivity contribution in [3.05, 3.63) is 41.1 Å². The van der Waals surface area contributed by atoms with Gasteiger partial charge in [0.1, 0.15) is 16.4 Å². The summed E-state index contributed by atoms with van der Waals surface area (Å²) in [4.78, 5) is 11.1. The summed E-state index contributed by atoms with van der Waals surface area (Å²) >= 11 is 5.72. The average molecular weight is 237 g/mol. The van der Waals surface area contributed by atoms with E-state index in [-0.39, 0.29) is 5.03 Å². The van der Waals surface area contributed by atoms with Crippen LogP contribution in [-0.4, -0.2) is 13.1 Å². The Balaban J connectivity index is 2.38. The predicted molar refractivity (Wildman–Crippen MR) is 62.1 cm³/mol. The molecule has 1 aromatic carbocycles. The molecule has 0 saturated heterocycles. The first kappa shape index (κ1) is 10.8. The number of esters is 1. The van der Waals surface area contributed by atoms with Gasteiger partial charge in [0.25, 0.3) is 0 Å². The van der Waals surface area contributed by atoms with Gasteiger partial charge in [-0.15, -0.1) is 0 Å². The summed E-state index contributed by atoms with van der Waals surface area (Å²) in [5.41, 5.74) is 0.753. The van der Waals surface area contributed by atoms with Gasteiger partial charge in [-0.05, 0) is 12.1 Å². The molecule has 82 valence electrons. The highest BCUT2D eigenvalue weighted by molar-refractivity contribution is 6.43. The lowest BCUT2D eigenvalue weighted by Crippen LogP contribution is -1.98. The van der Waals surface area contributed by atoms with Gasteiger partial charge in [-0.2, -0.15) is 0 Å². The smallest absolute Gasteiger partial charge is 0.349 e. The van der Waals surface area contributed by atoms with Crippen LogP contribution in [-0.2, 0) is 9.53 Å². The number of carbonyl (C=O) groups excluding carboxylic acids is 1. The molecule has 0 amide bonds. The number of ether oxygens (including phenoxy) is 1. The van der Waals surface area contributed by atoms with Gasteiger partial charge in [0.15, 0.2) is 0 Å². The van der Waals surface area contributed by atoms with E-state index in [9.17, 15) is 4.79 Å². The normalized spacial score (nSPS) is 11.8. The number of hydrogen-bond acceptors (Lipinski definition) is 3. The van der Waals surface area contributed by atoms with E-state index in [1.54, 1.807) is 6.07 Å². The highest BCUT2D eigenvalue weighted by Crippen LogP contribution is 2.21. The monoisotopic (exact) mass is 236 g/mol. The van der Waals surface area contributed by atoms with Crippen LogP contribution in [0.4, 0.5) is 0 Å². The molecule has 0 fully saturated rings. The number of rotatable bonds is 2. The number of carbonyl (C=O) groups is 1. The van der Waals surface area contributed by atoms with Crippen LogP contribution in [0.15, 0.2) is 39.8 Å². The molecule has 0 aliphatic carbocycles. The number of methoxy groups -OCH3 is 1. The highest BCUT2D eigenvalue weighted by Gasteiger charge is 2.08. The lowest BCUT2D eigenvalue weighted by molar-refractivity contribution is -0.135. The molecule has 0 atom stereocenters. The van der Waals surface area contributed by atoms with Crippen LogP contribution < -0.4 is 0 Å². The molecule has 0 spiro atoms. The lowest BCUT2D eigenvalue weighted by atomic mass is 10.2. The molecule has 1 heterocycles. The SMILES string of the molecule is COC(=O)/C(Cl)=C/c1cc2ccccc2o1. The fourth-order valence-electron chi connectivity index (χ4n) is 1.35. The number of furan rings is 1. The predicted octanol–water partition coefficient (Wildman–Crippen LogP) is 3.19. The van der Waals surface area contributed by atoms with Gasteiger partial charge in [0.2, 0.25) is 0 Å². The maximum Gasteiger partial charge on any atom is 0.349 e. The number of hydrogen-bond donors (Lipinski definition) is 0. The Labute approximate surface area is 97.3 Å². The second-order valence-electron chi connectivity index (χ2n) is 3.17. The Kier molecular flexibility index (Phi) is 2.97. The Morgan fingerprint density at radius 3 is 2.88 bits per heavy atom. The Bertz CT molecular complexity index is 521. The fourth-order valence-corrected chi connectivity index (χ4v) is 1.54. The largest absolute Gasteiger partial charge is 0.465 e. The molecule has 0 unspecified atom stereocenters. The topological polar surface area (TPSA) is 39.4 Å².